The molecule has 1 N–H and O–H groups in total. The average Bonchev–Trinajstić information content (AvgIpc) is 2.62. The number of aliphatic hydroxyl groups excluding tert-OH is 1. The van der Waals surface area contributed by atoms with Gasteiger partial charge in [-0.1, -0.05) is 0 Å². The zero-order chi connectivity index (χ0) is 8.55. The number of nitriles is 1. The monoisotopic (exact) mass is 165 g/mol. The van der Waals surface area contributed by atoms with Gasteiger partial charge in [0.15, 0.2) is 0 Å². The summed E-state index contributed by atoms with van der Waals surface area (Å²) in [5, 5.41) is 17.7. The third-order valence-electron chi connectivity index (χ3n) is 3.68. The second kappa shape index (κ2) is 3.06. The van der Waals surface area contributed by atoms with E-state index in [0.29, 0.717) is 30.8 Å². The minimum Gasteiger partial charge on any atom is -0.396 e. The first-order valence-corrected chi connectivity index (χ1v) is 4.83. The lowest BCUT2D eigenvalue weighted by Crippen LogP contribution is -2.22. The fourth-order valence-electron chi connectivity index (χ4n) is 3.21. The van der Waals surface area contributed by atoms with E-state index in [1.807, 2.05) is 0 Å². The van der Waals surface area contributed by atoms with Crippen LogP contribution in [0.25, 0.3) is 0 Å². The van der Waals surface area contributed by atoms with E-state index in [1.165, 1.54) is 19.3 Å². The van der Waals surface area contributed by atoms with Crippen molar-refractivity contribution in [3.8, 4) is 6.07 Å². The minimum absolute atomic E-state index is 0.336. The van der Waals surface area contributed by atoms with Gasteiger partial charge in [-0.2, -0.15) is 5.26 Å². The topological polar surface area (TPSA) is 44.0 Å². The molecule has 0 saturated heterocycles. The van der Waals surface area contributed by atoms with Crippen LogP contribution in [0, 0.1) is 35.0 Å². The van der Waals surface area contributed by atoms with Gasteiger partial charge in [-0.15, -0.1) is 0 Å². The number of nitrogens with zero attached hydrogens (tertiary/aromatic N) is 1. The van der Waals surface area contributed by atoms with E-state index in [1.54, 1.807) is 0 Å². The Morgan fingerprint density at radius 1 is 1.25 bits per heavy atom. The molecule has 0 spiro atoms. The first kappa shape index (κ1) is 8.07. The molecule has 0 aromatic heterocycles. The summed E-state index contributed by atoms with van der Waals surface area (Å²) in [5.41, 5.74) is 0. The standard InChI is InChI=1S/C10H15NO/c11-2-1-8-3-7-4-9(6-12)10(8)5-7/h7-10,12H,1,3-6H2/t7-,8-,9-,10-/m0/s1. The van der Waals surface area contributed by atoms with E-state index in [0.717, 1.165) is 5.92 Å². The van der Waals surface area contributed by atoms with Gasteiger partial charge < -0.3 is 5.11 Å². The molecule has 0 amide bonds. The van der Waals surface area contributed by atoms with Gasteiger partial charge >= 0.3 is 0 Å². The fourth-order valence-corrected chi connectivity index (χ4v) is 3.21. The Labute approximate surface area is 73.2 Å². The van der Waals surface area contributed by atoms with Crippen molar-refractivity contribution in [3.05, 3.63) is 0 Å². The van der Waals surface area contributed by atoms with E-state index in [-0.39, 0.29) is 0 Å². The van der Waals surface area contributed by atoms with Crippen LogP contribution < -0.4 is 0 Å². The summed E-state index contributed by atoms with van der Waals surface area (Å²) in [5.74, 6) is 2.61. The van der Waals surface area contributed by atoms with Crippen molar-refractivity contribution in [2.45, 2.75) is 25.7 Å². The second-order valence-electron chi connectivity index (χ2n) is 4.30. The van der Waals surface area contributed by atoms with Gasteiger partial charge in [-0.25, -0.2) is 0 Å². The first-order chi connectivity index (χ1) is 5.85. The van der Waals surface area contributed by atoms with Crippen LogP contribution in [0.1, 0.15) is 25.7 Å². The molecule has 2 heteroatoms. The van der Waals surface area contributed by atoms with Gasteiger partial charge in [-0.05, 0) is 42.9 Å². The summed E-state index contributed by atoms with van der Waals surface area (Å²) in [4.78, 5) is 0. The molecule has 4 atom stereocenters. The molecule has 0 aromatic carbocycles. The predicted molar refractivity (Wildman–Crippen MR) is 45.1 cm³/mol. The van der Waals surface area contributed by atoms with Crippen molar-refractivity contribution in [1.82, 2.24) is 0 Å². The highest BCUT2D eigenvalue weighted by Crippen LogP contribution is 2.52. The van der Waals surface area contributed by atoms with Gasteiger partial charge in [0.25, 0.3) is 0 Å². The average molecular weight is 165 g/mol. The van der Waals surface area contributed by atoms with Crippen molar-refractivity contribution >= 4 is 0 Å². The van der Waals surface area contributed by atoms with Gasteiger partial charge in [-0.3, -0.25) is 0 Å². The Bertz CT molecular complexity index is 208. The molecule has 2 saturated carbocycles. The molecule has 12 heavy (non-hydrogen) atoms. The van der Waals surface area contributed by atoms with E-state index in [4.69, 9.17) is 10.4 Å². The van der Waals surface area contributed by atoms with Crippen molar-refractivity contribution < 1.29 is 5.11 Å². The molecule has 66 valence electrons. The van der Waals surface area contributed by atoms with Crippen LogP contribution >= 0.6 is 0 Å². The lowest BCUT2D eigenvalue weighted by atomic mass is 9.80. The van der Waals surface area contributed by atoms with Gasteiger partial charge in [0, 0.05) is 13.0 Å². The maximum atomic E-state index is 9.09. The summed E-state index contributed by atoms with van der Waals surface area (Å²) in [7, 11) is 0. The Balaban J connectivity index is 2.00. The summed E-state index contributed by atoms with van der Waals surface area (Å²) < 4.78 is 0. The number of aliphatic hydroxyl groups is 1. The molecule has 2 bridgehead atoms. The molecule has 2 aliphatic carbocycles. The summed E-state index contributed by atoms with van der Waals surface area (Å²) in [6.07, 6.45) is 4.44. The molecule has 0 aliphatic heterocycles. The van der Waals surface area contributed by atoms with Crippen LogP contribution in [0.2, 0.25) is 0 Å². The van der Waals surface area contributed by atoms with Gasteiger partial charge in [0.2, 0.25) is 0 Å². The first-order valence-electron chi connectivity index (χ1n) is 4.83. The minimum atomic E-state index is 0.336. The molecule has 0 radical (unpaired) electrons. The lowest BCUT2D eigenvalue weighted by Gasteiger charge is -2.26. The largest absolute Gasteiger partial charge is 0.396 e. The van der Waals surface area contributed by atoms with Crippen LogP contribution in [0.5, 0.6) is 0 Å². The van der Waals surface area contributed by atoms with Gasteiger partial charge in [0.05, 0.1) is 6.07 Å². The third kappa shape index (κ3) is 1.13. The fraction of sp³-hybridized carbons (Fsp3) is 0.900. The van der Waals surface area contributed by atoms with Crippen LogP contribution in [-0.2, 0) is 0 Å². The highest BCUT2D eigenvalue weighted by atomic mass is 16.3. The third-order valence-corrected chi connectivity index (χ3v) is 3.68. The summed E-state index contributed by atoms with van der Waals surface area (Å²) >= 11 is 0. The van der Waals surface area contributed by atoms with Crippen molar-refractivity contribution in [3.63, 3.8) is 0 Å². The summed E-state index contributed by atoms with van der Waals surface area (Å²) in [6.45, 7) is 0.336. The zero-order valence-electron chi connectivity index (χ0n) is 7.24. The maximum Gasteiger partial charge on any atom is 0.0624 e. The maximum absolute atomic E-state index is 9.09. The van der Waals surface area contributed by atoms with Crippen LogP contribution in [-0.4, -0.2) is 11.7 Å². The normalized spacial score (nSPS) is 44.7. The smallest absolute Gasteiger partial charge is 0.0624 e. The van der Waals surface area contributed by atoms with E-state index >= 15 is 0 Å². The lowest BCUT2D eigenvalue weighted by molar-refractivity contribution is 0.144. The predicted octanol–water partition coefficient (Wildman–Crippen LogP) is 1.55. The van der Waals surface area contributed by atoms with Crippen molar-refractivity contribution in [2.24, 2.45) is 23.7 Å². The van der Waals surface area contributed by atoms with Crippen LogP contribution in [0.4, 0.5) is 0 Å². The number of fused-ring (bicyclic) bond motifs is 2. The van der Waals surface area contributed by atoms with Crippen molar-refractivity contribution in [1.29, 1.82) is 5.26 Å². The Kier molecular flexibility index (Phi) is 2.06. The van der Waals surface area contributed by atoms with Crippen LogP contribution in [0.3, 0.4) is 0 Å². The van der Waals surface area contributed by atoms with E-state index in [2.05, 4.69) is 6.07 Å². The summed E-state index contributed by atoms with van der Waals surface area (Å²) in [6, 6.07) is 2.26. The number of hydrogen-bond acceptors (Lipinski definition) is 2. The molecule has 0 heterocycles. The van der Waals surface area contributed by atoms with Crippen molar-refractivity contribution in [2.75, 3.05) is 6.61 Å². The highest BCUT2D eigenvalue weighted by molar-refractivity contribution is 4.97. The SMILES string of the molecule is N#CC[C@H]1C[C@H]2C[C@@H](CO)[C@H]1C2. The van der Waals surface area contributed by atoms with Crippen LogP contribution in [0.15, 0.2) is 0 Å². The zero-order valence-corrected chi connectivity index (χ0v) is 7.24. The molecule has 0 aromatic rings. The molecule has 2 fully saturated rings. The van der Waals surface area contributed by atoms with Gasteiger partial charge in [0.1, 0.15) is 0 Å². The molecular formula is C10H15NO. The molecule has 2 nitrogen and oxygen atoms in total. The Morgan fingerprint density at radius 3 is 2.58 bits per heavy atom. The Hall–Kier alpha value is -0.550. The van der Waals surface area contributed by atoms with E-state index < -0.39 is 0 Å². The highest BCUT2D eigenvalue weighted by Gasteiger charge is 2.45. The molecule has 2 aliphatic rings. The molecule has 0 unspecified atom stereocenters. The quantitative estimate of drug-likeness (QED) is 0.674. The van der Waals surface area contributed by atoms with E-state index in [9.17, 15) is 0 Å². The number of rotatable bonds is 2. The second-order valence-corrected chi connectivity index (χ2v) is 4.30. The molecular weight excluding hydrogens is 150 g/mol. The molecule has 2 rings (SSSR count). The Morgan fingerprint density at radius 2 is 2.00 bits per heavy atom. The number of hydrogen-bond donors (Lipinski definition) is 1.